The minimum atomic E-state index is 0.303. The molecule has 2 heteroatoms. The van der Waals surface area contributed by atoms with Crippen LogP contribution in [0.3, 0.4) is 0 Å². The second-order valence-corrected chi connectivity index (χ2v) is 5.66. The van der Waals surface area contributed by atoms with Crippen LogP contribution in [0.1, 0.15) is 58.1 Å². The van der Waals surface area contributed by atoms with E-state index in [9.17, 15) is 0 Å². The largest absolute Gasteiger partial charge is 0.264 e. The van der Waals surface area contributed by atoms with Crippen LogP contribution >= 0.6 is 0 Å². The Morgan fingerprint density at radius 1 is 1.16 bits per heavy atom. The molecule has 1 aliphatic rings. The normalized spacial score (nSPS) is 17.9. The van der Waals surface area contributed by atoms with E-state index in [1.54, 1.807) is 0 Å². The predicted octanol–water partition coefficient (Wildman–Crippen LogP) is 4.38. The lowest BCUT2D eigenvalue weighted by Crippen LogP contribution is -2.20. The van der Waals surface area contributed by atoms with Gasteiger partial charge in [-0.25, -0.2) is 4.99 Å². The Balaban J connectivity index is 2.21. The summed E-state index contributed by atoms with van der Waals surface area (Å²) in [7, 11) is 0. The van der Waals surface area contributed by atoms with Gasteiger partial charge in [-0.1, -0.05) is 51.5 Å². The van der Waals surface area contributed by atoms with Crippen molar-refractivity contribution >= 4 is 11.5 Å². The first-order valence-electron chi connectivity index (χ1n) is 7.28. The van der Waals surface area contributed by atoms with Gasteiger partial charge in [0, 0.05) is 0 Å². The summed E-state index contributed by atoms with van der Waals surface area (Å²) in [6.45, 7) is 9.59. The maximum atomic E-state index is 4.47. The summed E-state index contributed by atoms with van der Waals surface area (Å²) >= 11 is 0. The molecule has 1 aromatic rings. The SMILES string of the molecule is CCCC(C)(CC)c1ccc(C2=NC(C)=NC2)cc1. The molecule has 1 aromatic carbocycles. The number of hydrogen-bond donors (Lipinski definition) is 0. The van der Waals surface area contributed by atoms with Crippen molar-refractivity contribution in [1.29, 1.82) is 0 Å². The van der Waals surface area contributed by atoms with Gasteiger partial charge in [-0.2, -0.15) is 0 Å². The van der Waals surface area contributed by atoms with Gasteiger partial charge in [0.05, 0.1) is 12.3 Å². The first-order valence-corrected chi connectivity index (χ1v) is 7.28. The van der Waals surface area contributed by atoms with Crippen LogP contribution in [0, 0.1) is 0 Å². The molecule has 2 nitrogen and oxygen atoms in total. The number of amidine groups is 1. The third-order valence-corrected chi connectivity index (χ3v) is 4.25. The van der Waals surface area contributed by atoms with E-state index < -0.39 is 0 Å². The van der Waals surface area contributed by atoms with Crippen molar-refractivity contribution in [3.8, 4) is 0 Å². The van der Waals surface area contributed by atoms with Gasteiger partial charge >= 0.3 is 0 Å². The fourth-order valence-electron chi connectivity index (χ4n) is 2.75. The summed E-state index contributed by atoms with van der Waals surface area (Å²) in [6.07, 6.45) is 3.65. The van der Waals surface area contributed by atoms with E-state index in [0.717, 1.165) is 18.1 Å². The molecule has 0 aliphatic carbocycles. The second kappa shape index (κ2) is 5.68. The first kappa shape index (κ1) is 14.0. The quantitative estimate of drug-likeness (QED) is 0.747. The highest BCUT2D eigenvalue weighted by molar-refractivity contribution is 6.12. The van der Waals surface area contributed by atoms with E-state index in [2.05, 4.69) is 55.0 Å². The fourth-order valence-corrected chi connectivity index (χ4v) is 2.75. The van der Waals surface area contributed by atoms with Crippen molar-refractivity contribution in [2.45, 2.75) is 52.4 Å². The van der Waals surface area contributed by atoms with Crippen LogP contribution in [0.25, 0.3) is 0 Å². The van der Waals surface area contributed by atoms with Gasteiger partial charge in [0.25, 0.3) is 0 Å². The predicted molar refractivity (Wildman–Crippen MR) is 83.5 cm³/mol. The molecule has 0 spiro atoms. The molecule has 0 fully saturated rings. The van der Waals surface area contributed by atoms with Gasteiger partial charge in [0.2, 0.25) is 0 Å². The third kappa shape index (κ3) is 2.94. The van der Waals surface area contributed by atoms with Crippen molar-refractivity contribution in [3.63, 3.8) is 0 Å². The first-order chi connectivity index (χ1) is 9.09. The monoisotopic (exact) mass is 256 g/mol. The molecule has 0 saturated heterocycles. The standard InChI is InChI=1S/C17H24N2/c1-5-11-17(4,6-2)15-9-7-14(8-10-15)16-12-18-13(3)19-16/h7-10H,5-6,11-12H2,1-4H3. The molecule has 1 heterocycles. The molecule has 1 unspecified atom stereocenters. The number of aliphatic imine (C=N–C) groups is 2. The summed E-state index contributed by atoms with van der Waals surface area (Å²) in [5.74, 6) is 0.892. The molecule has 0 N–H and O–H groups in total. The van der Waals surface area contributed by atoms with Crippen molar-refractivity contribution in [2.75, 3.05) is 6.54 Å². The van der Waals surface area contributed by atoms with Crippen molar-refractivity contribution < 1.29 is 0 Å². The van der Waals surface area contributed by atoms with Crippen LogP contribution < -0.4 is 0 Å². The zero-order chi connectivity index (χ0) is 13.9. The average Bonchev–Trinajstić information content (AvgIpc) is 2.86. The van der Waals surface area contributed by atoms with Crippen LogP contribution in [0.5, 0.6) is 0 Å². The lowest BCUT2D eigenvalue weighted by Gasteiger charge is -2.28. The molecule has 2 rings (SSSR count). The smallest absolute Gasteiger partial charge is 0.120 e. The zero-order valence-corrected chi connectivity index (χ0v) is 12.5. The highest BCUT2D eigenvalue weighted by Gasteiger charge is 2.23. The Morgan fingerprint density at radius 2 is 1.84 bits per heavy atom. The van der Waals surface area contributed by atoms with Crippen molar-refractivity contribution in [3.05, 3.63) is 35.4 Å². The Morgan fingerprint density at radius 3 is 2.32 bits per heavy atom. The minimum Gasteiger partial charge on any atom is -0.264 e. The summed E-state index contributed by atoms with van der Waals surface area (Å²) in [5, 5.41) is 0. The van der Waals surface area contributed by atoms with E-state index in [1.165, 1.54) is 30.4 Å². The van der Waals surface area contributed by atoms with Crippen LogP contribution in [-0.2, 0) is 5.41 Å². The fraction of sp³-hybridized carbons (Fsp3) is 0.529. The number of hydrogen-bond acceptors (Lipinski definition) is 2. The molecule has 0 bridgehead atoms. The summed E-state index contributed by atoms with van der Waals surface area (Å²) in [5.41, 5.74) is 4.05. The van der Waals surface area contributed by atoms with E-state index in [-0.39, 0.29) is 0 Å². The van der Waals surface area contributed by atoms with Crippen LogP contribution in [-0.4, -0.2) is 18.1 Å². The van der Waals surface area contributed by atoms with Gasteiger partial charge in [-0.3, -0.25) is 4.99 Å². The molecule has 0 aromatic heterocycles. The zero-order valence-electron chi connectivity index (χ0n) is 12.5. The maximum absolute atomic E-state index is 4.47. The van der Waals surface area contributed by atoms with Gasteiger partial charge in [-0.05, 0) is 36.3 Å². The van der Waals surface area contributed by atoms with Gasteiger partial charge < -0.3 is 0 Å². The van der Waals surface area contributed by atoms with E-state index in [4.69, 9.17) is 0 Å². The van der Waals surface area contributed by atoms with Gasteiger partial charge in [-0.15, -0.1) is 0 Å². The van der Waals surface area contributed by atoms with Crippen LogP contribution in [0.15, 0.2) is 34.3 Å². The highest BCUT2D eigenvalue weighted by Crippen LogP contribution is 2.32. The Hall–Kier alpha value is -1.44. The summed E-state index contributed by atoms with van der Waals surface area (Å²) in [4.78, 5) is 8.80. The number of benzene rings is 1. The van der Waals surface area contributed by atoms with E-state index >= 15 is 0 Å². The molecule has 1 aliphatic heterocycles. The van der Waals surface area contributed by atoms with Crippen LogP contribution in [0.4, 0.5) is 0 Å². The molecule has 19 heavy (non-hydrogen) atoms. The third-order valence-electron chi connectivity index (χ3n) is 4.25. The number of rotatable bonds is 5. The van der Waals surface area contributed by atoms with E-state index in [0.29, 0.717) is 5.41 Å². The highest BCUT2D eigenvalue weighted by atomic mass is 15.0. The van der Waals surface area contributed by atoms with Gasteiger partial charge in [0.1, 0.15) is 5.84 Å². The molecular weight excluding hydrogens is 232 g/mol. The van der Waals surface area contributed by atoms with E-state index in [1.807, 2.05) is 6.92 Å². The lowest BCUT2D eigenvalue weighted by molar-refractivity contribution is 0.414. The Bertz CT molecular complexity index is 496. The van der Waals surface area contributed by atoms with Crippen LogP contribution in [0.2, 0.25) is 0 Å². The van der Waals surface area contributed by atoms with Gasteiger partial charge in [0.15, 0.2) is 0 Å². The Kier molecular flexibility index (Phi) is 4.18. The topological polar surface area (TPSA) is 24.7 Å². The molecule has 0 saturated carbocycles. The van der Waals surface area contributed by atoms with Crippen molar-refractivity contribution in [2.24, 2.45) is 9.98 Å². The minimum absolute atomic E-state index is 0.303. The van der Waals surface area contributed by atoms with Crippen molar-refractivity contribution in [1.82, 2.24) is 0 Å². The molecular formula is C17H24N2. The molecule has 1 atom stereocenters. The number of nitrogens with zero attached hydrogens (tertiary/aromatic N) is 2. The summed E-state index contributed by atoms with van der Waals surface area (Å²) < 4.78 is 0. The molecule has 0 radical (unpaired) electrons. The molecule has 0 amide bonds. The molecule has 102 valence electrons. The average molecular weight is 256 g/mol. The second-order valence-electron chi connectivity index (χ2n) is 5.66. The maximum Gasteiger partial charge on any atom is 0.120 e. The Labute approximate surface area is 116 Å². The summed E-state index contributed by atoms with van der Waals surface area (Å²) in [6, 6.07) is 8.94. The lowest BCUT2D eigenvalue weighted by atomic mass is 9.76.